The lowest BCUT2D eigenvalue weighted by Crippen LogP contribution is -2.22. The van der Waals surface area contributed by atoms with E-state index in [1.807, 2.05) is 31.2 Å². The standard InChI is InChI=1S/C20H18ClN7O2/c1-10-2-3-13(7-14(10)21)23-16-8-17(24-12-4-5-12)28-18(26-16)11(9-22-28)6-15-19(29)27-20(30)25-15/h2-3,6-9,12,24H,4-5H2,1H3,(H,23,26)(H2,25,27,29,30)/b15-6-. The van der Waals surface area contributed by atoms with Crippen molar-refractivity contribution < 1.29 is 9.59 Å². The lowest BCUT2D eigenvalue weighted by Gasteiger charge is -2.12. The number of carbonyl (C=O) groups is 2. The van der Waals surface area contributed by atoms with Crippen molar-refractivity contribution in [2.75, 3.05) is 10.6 Å². The second-order valence-corrected chi connectivity index (χ2v) is 7.74. The first-order valence-corrected chi connectivity index (χ1v) is 9.86. The molecular formula is C20H18ClN7O2. The SMILES string of the molecule is Cc1ccc(Nc2cc(NC3CC3)n3ncc(/C=C4\NC(=O)NC4=O)c3n2)cc1Cl. The van der Waals surface area contributed by atoms with E-state index in [-0.39, 0.29) is 5.70 Å². The third-order valence-electron chi connectivity index (χ3n) is 4.89. The van der Waals surface area contributed by atoms with Crippen LogP contribution in [0.1, 0.15) is 24.0 Å². The smallest absolute Gasteiger partial charge is 0.326 e. The number of amides is 3. The highest BCUT2D eigenvalue weighted by atomic mass is 35.5. The van der Waals surface area contributed by atoms with Crippen molar-refractivity contribution in [1.82, 2.24) is 25.2 Å². The summed E-state index contributed by atoms with van der Waals surface area (Å²) in [5.74, 6) is 0.901. The molecule has 0 spiro atoms. The molecule has 9 nitrogen and oxygen atoms in total. The van der Waals surface area contributed by atoms with E-state index in [0.717, 1.165) is 29.9 Å². The molecular weight excluding hydrogens is 406 g/mol. The van der Waals surface area contributed by atoms with Crippen LogP contribution in [0.15, 0.2) is 36.2 Å². The first kappa shape index (κ1) is 18.4. The number of anilines is 3. The fraction of sp³-hybridized carbons (Fsp3) is 0.200. The molecule has 1 saturated heterocycles. The minimum atomic E-state index is -0.551. The van der Waals surface area contributed by atoms with Gasteiger partial charge in [0.25, 0.3) is 5.91 Å². The molecule has 152 valence electrons. The summed E-state index contributed by atoms with van der Waals surface area (Å²) in [7, 11) is 0. The van der Waals surface area contributed by atoms with Gasteiger partial charge < -0.3 is 16.0 Å². The van der Waals surface area contributed by atoms with Crippen molar-refractivity contribution in [3.63, 3.8) is 0 Å². The summed E-state index contributed by atoms with van der Waals surface area (Å²) in [5, 5.41) is 16.5. The van der Waals surface area contributed by atoms with Crippen LogP contribution in [0.5, 0.6) is 0 Å². The Kier molecular flexibility index (Phi) is 4.32. The predicted octanol–water partition coefficient (Wildman–Crippen LogP) is 3.19. The third kappa shape index (κ3) is 3.55. The zero-order valence-electron chi connectivity index (χ0n) is 16.0. The van der Waals surface area contributed by atoms with Gasteiger partial charge in [-0.05, 0) is 43.5 Å². The Bertz CT molecular complexity index is 1230. The fourth-order valence-electron chi connectivity index (χ4n) is 3.14. The van der Waals surface area contributed by atoms with E-state index in [0.29, 0.717) is 28.1 Å². The van der Waals surface area contributed by atoms with Crippen LogP contribution in [0.4, 0.5) is 22.1 Å². The van der Waals surface area contributed by atoms with Crippen LogP contribution in [0.3, 0.4) is 0 Å². The van der Waals surface area contributed by atoms with Gasteiger partial charge in [-0.15, -0.1) is 0 Å². The molecule has 0 bridgehead atoms. The first-order chi connectivity index (χ1) is 14.5. The van der Waals surface area contributed by atoms with Crippen molar-refractivity contribution in [2.45, 2.75) is 25.8 Å². The molecule has 0 atom stereocenters. The fourth-order valence-corrected chi connectivity index (χ4v) is 3.32. The van der Waals surface area contributed by atoms with Crippen LogP contribution < -0.4 is 21.3 Å². The number of benzene rings is 1. The molecule has 2 aromatic heterocycles. The number of imide groups is 1. The number of halogens is 1. The number of aryl methyl sites for hydroxylation is 1. The van der Waals surface area contributed by atoms with Crippen molar-refractivity contribution in [3.05, 3.63) is 52.3 Å². The van der Waals surface area contributed by atoms with E-state index in [9.17, 15) is 9.59 Å². The van der Waals surface area contributed by atoms with Crippen LogP contribution >= 0.6 is 11.6 Å². The van der Waals surface area contributed by atoms with E-state index < -0.39 is 11.9 Å². The molecule has 1 aromatic carbocycles. The molecule has 3 amide bonds. The average molecular weight is 424 g/mol. The highest BCUT2D eigenvalue weighted by Crippen LogP contribution is 2.29. The Labute approximate surface area is 176 Å². The van der Waals surface area contributed by atoms with E-state index in [4.69, 9.17) is 11.6 Å². The van der Waals surface area contributed by atoms with Crippen LogP contribution in [0.25, 0.3) is 11.7 Å². The van der Waals surface area contributed by atoms with E-state index in [1.165, 1.54) is 0 Å². The normalized spacial score (nSPS) is 17.3. The first-order valence-electron chi connectivity index (χ1n) is 9.49. The van der Waals surface area contributed by atoms with Gasteiger partial charge in [-0.25, -0.2) is 9.78 Å². The van der Waals surface area contributed by atoms with Gasteiger partial charge >= 0.3 is 6.03 Å². The van der Waals surface area contributed by atoms with Crippen LogP contribution in [0, 0.1) is 6.92 Å². The Morgan fingerprint density at radius 3 is 2.77 bits per heavy atom. The molecule has 1 saturated carbocycles. The maximum absolute atomic E-state index is 11.9. The molecule has 10 heteroatoms. The number of nitrogens with one attached hydrogen (secondary N) is 4. The number of nitrogens with zero attached hydrogens (tertiary/aromatic N) is 3. The maximum Gasteiger partial charge on any atom is 0.326 e. The van der Waals surface area contributed by atoms with E-state index in [2.05, 4.69) is 31.3 Å². The number of hydrogen-bond acceptors (Lipinski definition) is 6. The summed E-state index contributed by atoms with van der Waals surface area (Å²) in [6.45, 7) is 1.94. The maximum atomic E-state index is 11.9. The number of fused-ring (bicyclic) bond motifs is 1. The van der Waals surface area contributed by atoms with Crippen molar-refractivity contribution in [2.24, 2.45) is 0 Å². The number of hydrogen-bond donors (Lipinski definition) is 4. The Morgan fingerprint density at radius 1 is 1.23 bits per heavy atom. The second-order valence-electron chi connectivity index (χ2n) is 7.34. The summed E-state index contributed by atoms with van der Waals surface area (Å²) in [4.78, 5) is 28.0. The number of rotatable bonds is 5. The highest BCUT2D eigenvalue weighted by molar-refractivity contribution is 6.31. The van der Waals surface area contributed by atoms with Gasteiger partial charge in [0.2, 0.25) is 0 Å². The van der Waals surface area contributed by atoms with Crippen LogP contribution in [0.2, 0.25) is 5.02 Å². The zero-order valence-corrected chi connectivity index (χ0v) is 16.7. The van der Waals surface area contributed by atoms with Crippen molar-refractivity contribution >= 4 is 52.6 Å². The molecule has 1 aliphatic heterocycles. The number of aromatic nitrogens is 3. The summed E-state index contributed by atoms with van der Waals surface area (Å²) < 4.78 is 1.69. The van der Waals surface area contributed by atoms with Crippen molar-refractivity contribution in [3.8, 4) is 0 Å². The number of urea groups is 1. The van der Waals surface area contributed by atoms with Gasteiger partial charge in [-0.1, -0.05) is 17.7 Å². The molecule has 5 rings (SSSR count). The van der Waals surface area contributed by atoms with Crippen LogP contribution in [-0.2, 0) is 4.79 Å². The van der Waals surface area contributed by atoms with Gasteiger partial charge in [-0.2, -0.15) is 9.61 Å². The minimum absolute atomic E-state index is 0.150. The minimum Gasteiger partial charge on any atom is -0.367 e. The lowest BCUT2D eigenvalue weighted by molar-refractivity contribution is -0.115. The van der Waals surface area contributed by atoms with Crippen molar-refractivity contribution in [1.29, 1.82) is 0 Å². The quantitative estimate of drug-likeness (QED) is 0.370. The molecule has 2 fully saturated rings. The summed E-state index contributed by atoms with van der Waals surface area (Å²) in [5.41, 5.74) is 3.09. The third-order valence-corrected chi connectivity index (χ3v) is 5.30. The molecule has 1 aliphatic carbocycles. The summed E-state index contributed by atoms with van der Waals surface area (Å²) in [6.07, 6.45) is 5.37. The molecule has 4 N–H and O–H groups in total. The van der Waals surface area contributed by atoms with Gasteiger partial charge in [0.1, 0.15) is 17.3 Å². The Morgan fingerprint density at radius 2 is 2.07 bits per heavy atom. The van der Waals surface area contributed by atoms with Gasteiger partial charge in [0, 0.05) is 28.4 Å². The van der Waals surface area contributed by atoms with Crippen LogP contribution in [-0.4, -0.2) is 32.6 Å². The van der Waals surface area contributed by atoms with E-state index in [1.54, 1.807) is 16.8 Å². The molecule has 0 radical (unpaired) electrons. The Balaban J connectivity index is 1.57. The van der Waals surface area contributed by atoms with Gasteiger partial charge in [0.05, 0.1) is 6.20 Å². The molecule has 30 heavy (non-hydrogen) atoms. The second kappa shape index (κ2) is 7.03. The average Bonchev–Trinajstić information content (AvgIpc) is 3.34. The van der Waals surface area contributed by atoms with E-state index >= 15 is 0 Å². The predicted molar refractivity (Wildman–Crippen MR) is 114 cm³/mol. The highest BCUT2D eigenvalue weighted by Gasteiger charge is 2.25. The summed E-state index contributed by atoms with van der Waals surface area (Å²) in [6, 6.07) is 7.44. The zero-order chi connectivity index (χ0) is 20.8. The molecule has 2 aliphatic rings. The molecule has 0 unspecified atom stereocenters. The monoisotopic (exact) mass is 423 g/mol. The van der Waals surface area contributed by atoms with Gasteiger partial charge in [-0.3, -0.25) is 10.1 Å². The topological polar surface area (TPSA) is 112 Å². The molecule has 3 aromatic rings. The lowest BCUT2D eigenvalue weighted by atomic mass is 10.2. The Hall–Kier alpha value is -3.59. The van der Waals surface area contributed by atoms with Gasteiger partial charge in [0.15, 0.2) is 5.65 Å². The number of carbonyl (C=O) groups excluding carboxylic acids is 2. The largest absolute Gasteiger partial charge is 0.367 e. The summed E-state index contributed by atoms with van der Waals surface area (Å²) >= 11 is 6.24. The molecule has 3 heterocycles.